The summed E-state index contributed by atoms with van der Waals surface area (Å²) in [7, 11) is 0. The normalized spacial score (nSPS) is 32.4. The lowest BCUT2D eigenvalue weighted by Gasteiger charge is -2.20. The molecule has 0 radical (unpaired) electrons. The summed E-state index contributed by atoms with van der Waals surface area (Å²) in [6.45, 7) is 10.6. The SMILES string of the molecule is C=CC[C@@H]1OC(CCC)CC1C(C)C. The number of rotatable bonds is 5. The first-order valence-corrected chi connectivity index (χ1v) is 5.95. The molecule has 0 spiro atoms. The molecule has 1 aliphatic heterocycles. The molecule has 1 heterocycles. The quantitative estimate of drug-likeness (QED) is 0.608. The summed E-state index contributed by atoms with van der Waals surface area (Å²) in [6, 6.07) is 0. The minimum atomic E-state index is 0.434. The Kier molecular flexibility index (Phi) is 4.67. The van der Waals surface area contributed by atoms with Crippen molar-refractivity contribution in [1.82, 2.24) is 0 Å². The molecule has 0 N–H and O–H groups in total. The molecule has 0 aromatic rings. The third-order valence-corrected chi connectivity index (χ3v) is 3.25. The summed E-state index contributed by atoms with van der Waals surface area (Å²) < 4.78 is 6.04. The van der Waals surface area contributed by atoms with Crippen LogP contribution in [0.3, 0.4) is 0 Å². The van der Waals surface area contributed by atoms with E-state index < -0.39 is 0 Å². The summed E-state index contributed by atoms with van der Waals surface area (Å²) in [4.78, 5) is 0. The van der Waals surface area contributed by atoms with E-state index in [0.29, 0.717) is 12.2 Å². The van der Waals surface area contributed by atoms with Gasteiger partial charge in [-0.2, -0.15) is 0 Å². The van der Waals surface area contributed by atoms with Gasteiger partial charge in [-0.1, -0.05) is 33.3 Å². The lowest BCUT2D eigenvalue weighted by molar-refractivity contribution is 0.0271. The molecule has 0 aliphatic carbocycles. The molecule has 1 heteroatoms. The monoisotopic (exact) mass is 196 g/mol. The van der Waals surface area contributed by atoms with Gasteiger partial charge in [0.05, 0.1) is 12.2 Å². The Hall–Kier alpha value is -0.300. The molecule has 1 aliphatic rings. The fourth-order valence-corrected chi connectivity index (χ4v) is 2.46. The molecule has 1 fully saturated rings. The van der Waals surface area contributed by atoms with Gasteiger partial charge in [-0.15, -0.1) is 6.58 Å². The van der Waals surface area contributed by atoms with Gasteiger partial charge in [0.25, 0.3) is 0 Å². The summed E-state index contributed by atoms with van der Waals surface area (Å²) in [6.07, 6.45) is 7.66. The Labute approximate surface area is 88.5 Å². The zero-order valence-corrected chi connectivity index (χ0v) is 9.83. The van der Waals surface area contributed by atoms with E-state index in [9.17, 15) is 0 Å². The third-order valence-electron chi connectivity index (χ3n) is 3.25. The van der Waals surface area contributed by atoms with Crippen LogP contribution in [0.5, 0.6) is 0 Å². The summed E-state index contributed by atoms with van der Waals surface area (Å²) >= 11 is 0. The molecule has 0 saturated carbocycles. The van der Waals surface area contributed by atoms with Crippen LogP contribution in [0.2, 0.25) is 0 Å². The molecule has 1 rings (SSSR count). The van der Waals surface area contributed by atoms with Crippen molar-refractivity contribution in [2.75, 3.05) is 0 Å². The van der Waals surface area contributed by atoms with Crippen molar-refractivity contribution < 1.29 is 4.74 Å². The Morgan fingerprint density at radius 3 is 2.71 bits per heavy atom. The van der Waals surface area contributed by atoms with Crippen LogP contribution in [0.4, 0.5) is 0 Å². The first-order chi connectivity index (χ1) is 6.69. The van der Waals surface area contributed by atoms with Crippen molar-refractivity contribution in [2.45, 2.75) is 58.7 Å². The molecule has 3 atom stereocenters. The highest BCUT2D eigenvalue weighted by molar-refractivity contribution is 4.88. The topological polar surface area (TPSA) is 9.23 Å². The minimum Gasteiger partial charge on any atom is -0.374 e. The smallest absolute Gasteiger partial charge is 0.0644 e. The fraction of sp³-hybridized carbons (Fsp3) is 0.846. The maximum absolute atomic E-state index is 6.04. The van der Waals surface area contributed by atoms with Crippen molar-refractivity contribution in [3.8, 4) is 0 Å². The Balaban J connectivity index is 2.50. The summed E-state index contributed by atoms with van der Waals surface area (Å²) in [5, 5.41) is 0. The highest BCUT2D eigenvalue weighted by atomic mass is 16.5. The molecular formula is C13H24O. The predicted molar refractivity (Wildman–Crippen MR) is 61.3 cm³/mol. The van der Waals surface area contributed by atoms with Gasteiger partial charge in [0.2, 0.25) is 0 Å². The molecule has 0 aromatic carbocycles. The lowest BCUT2D eigenvalue weighted by atomic mass is 9.86. The summed E-state index contributed by atoms with van der Waals surface area (Å²) in [5.74, 6) is 1.48. The van der Waals surface area contributed by atoms with E-state index in [2.05, 4.69) is 27.4 Å². The van der Waals surface area contributed by atoms with Gasteiger partial charge in [-0.3, -0.25) is 0 Å². The van der Waals surface area contributed by atoms with Crippen LogP contribution in [0.25, 0.3) is 0 Å². The van der Waals surface area contributed by atoms with Crippen LogP contribution in [0.15, 0.2) is 12.7 Å². The van der Waals surface area contributed by atoms with E-state index >= 15 is 0 Å². The first-order valence-electron chi connectivity index (χ1n) is 5.95. The first kappa shape index (κ1) is 11.8. The van der Waals surface area contributed by atoms with Crippen LogP contribution in [0.1, 0.15) is 46.5 Å². The average Bonchev–Trinajstić information content (AvgIpc) is 2.49. The van der Waals surface area contributed by atoms with E-state index in [1.165, 1.54) is 19.3 Å². The third kappa shape index (κ3) is 2.84. The minimum absolute atomic E-state index is 0.434. The van der Waals surface area contributed by atoms with E-state index in [4.69, 9.17) is 4.74 Å². The van der Waals surface area contributed by atoms with Crippen LogP contribution in [-0.4, -0.2) is 12.2 Å². The molecule has 2 unspecified atom stereocenters. The summed E-state index contributed by atoms with van der Waals surface area (Å²) in [5.41, 5.74) is 0. The Morgan fingerprint density at radius 2 is 2.21 bits per heavy atom. The van der Waals surface area contributed by atoms with Gasteiger partial charge in [0.15, 0.2) is 0 Å². The molecule has 0 bridgehead atoms. The van der Waals surface area contributed by atoms with Crippen molar-refractivity contribution >= 4 is 0 Å². The van der Waals surface area contributed by atoms with Crippen molar-refractivity contribution in [3.63, 3.8) is 0 Å². The number of hydrogen-bond acceptors (Lipinski definition) is 1. The maximum atomic E-state index is 6.04. The molecule has 82 valence electrons. The molecule has 1 nitrogen and oxygen atoms in total. The average molecular weight is 196 g/mol. The lowest BCUT2D eigenvalue weighted by Crippen LogP contribution is -2.19. The fourth-order valence-electron chi connectivity index (χ4n) is 2.46. The molecule has 0 amide bonds. The molecule has 0 aromatic heterocycles. The van der Waals surface area contributed by atoms with E-state index in [1.807, 2.05) is 6.08 Å². The standard InChI is InChI=1S/C13H24O/c1-5-7-11-9-12(10(3)4)13(14-11)8-6-2/h6,10-13H,2,5,7-9H2,1,3-4H3/t11?,12?,13-/m0/s1. The zero-order valence-electron chi connectivity index (χ0n) is 9.83. The highest BCUT2D eigenvalue weighted by Crippen LogP contribution is 2.35. The second-order valence-corrected chi connectivity index (χ2v) is 4.75. The van der Waals surface area contributed by atoms with Crippen molar-refractivity contribution in [1.29, 1.82) is 0 Å². The van der Waals surface area contributed by atoms with E-state index in [1.54, 1.807) is 0 Å². The van der Waals surface area contributed by atoms with Gasteiger partial charge < -0.3 is 4.74 Å². The largest absolute Gasteiger partial charge is 0.374 e. The number of ether oxygens (including phenoxy) is 1. The maximum Gasteiger partial charge on any atom is 0.0644 e. The Morgan fingerprint density at radius 1 is 1.50 bits per heavy atom. The van der Waals surface area contributed by atoms with E-state index in [-0.39, 0.29) is 0 Å². The van der Waals surface area contributed by atoms with Gasteiger partial charge in [0, 0.05) is 0 Å². The second kappa shape index (κ2) is 5.55. The predicted octanol–water partition coefficient (Wildman–Crippen LogP) is 3.79. The number of hydrogen-bond donors (Lipinski definition) is 0. The van der Waals surface area contributed by atoms with Gasteiger partial charge in [-0.05, 0) is 31.1 Å². The van der Waals surface area contributed by atoms with Crippen molar-refractivity contribution in [3.05, 3.63) is 12.7 Å². The Bertz CT molecular complexity index is 174. The molecule has 14 heavy (non-hydrogen) atoms. The molecule has 1 saturated heterocycles. The second-order valence-electron chi connectivity index (χ2n) is 4.75. The van der Waals surface area contributed by atoms with Crippen LogP contribution in [-0.2, 0) is 4.74 Å². The van der Waals surface area contributed by atoms with E-state index in [0.717, 1.165) is 18.3 Å². The van der Waals surface area contributed by atoms with Crippen LogP contribution >= 0.6 is 0 Å². The molecular weight excluding hydrogens is 172 g/mol. The van der Waals surface area contributed by atoms with Gasteiger partial charge >= 0.3 is 0 Å². The highest BCUT2D eigenvalue weighted by Gasteiger charge is 2.35. The van der Waals surface area contributed by atoms with Crippen LogP contribution in [0, 0.1) is 11.8 Å². The van der Waals surface area contributed by atoms with Crippen LogP contribution < -0.4 is 0 Å². The van der Waals surface area contributed by atoms with Gasteiger partial charge in [-0.25, -0.2) is 0 Å². The van der Waals surface area contributed by atoms with Crippen molar-refractivity contribution in [2.24, 2.45) is 11.8 Å². The zero-order chi connectivity index (χ0) is 10.6. The van der Waals surface area contributed by atoms with Gasteiger partial charge in [0.1, 0.15) is 0 Å².